The molecule has 1 amide bonds. The summed E-state index contributed by atoms with van der Waals surface area (Å²) in [5.74, 6) is 0.620. The van der Waals surface area contributed by atoms with E-state index in [0.29, 0.717) is 12.0 Å². The molecule has 5 nitrogen and oxygen atoms in total. The molecule has 1 saturated heterocycles. The third-order valence-electron chi connectivity index (χ3n) is 4.44. The molecule has 2 aliphatic rings. The maximum Gasteiger partial charge on any atom is 0.254 e. The maximum atomic E-state index is 13.0. The van der Waals surface area contributed by atoms with Gasteiger partial charge in [-0.3, -0.25) is 9.89 Å². The molecule has 2 heterocycles. The van der Waals surface area contributed by atoms with E-state index < -0.39 is 0 Å². The minimum atomic E-state index is 0.136. The predicted octanol–water partition coefficient (Wildman–Crippen LogP) is 2.20. The quantitative estimate of drug-likeness (QED) is 0.937. The molecule has 21 heavy (non-hydrogen) atoms. The highest BCUT2D eigenvalue weighted by Crippen LogP contribution is 2.31. The number of nitrogens with one attached hydrogen (secondary N) is 1. The van der Waals surface area contributed by atoms with Gasteiger partial charge in [0.15, 0.2) is 0 Å². The Morgan fingerprint density at radius 1 is 1.38 bits per heavy atom. The zero-order chi connectivity index (χ0) is 14.2. The number of fused-ring (bicyclic) bond motifs is 1. The molecule has 0 bridgehead atoms. The first-order valence-corrected chi connectivity index (χ1v) is 7.64. The molecule has 1 atom stereocenters. The lowest BCUT2D eigenvalue weighted by molar-refractivity contribution is 0.0708. The summed E-state index contributed by atoms with van der Waals surface area (Å²) in [7, 11) is 0. The van der Waals surface area contributed by atoms with Gasteiger partial charge in [0.2, 0.25) is 0 Å². The Hall–Kier alpha value is -1.88. The lowest BCUT2D eigenvalue weighted by Crippen LogP contribution is -2.37. The van der Waals surface area contributed by atoms with E-state index in [0.717, 1.165) is 55.5 Å². The van der Waals surface area contributed by atoms with E-state index in [1.807, 2.05) is 18.2 Å². The predicted molar refractivity (Wildman–Crippen MR) is 79.1 cm³/mol. The SMILES string of the molecule is O=C(c1cccc2[nH]ncc12)N(CC1CCOC1)C1CC1. The summed E-state index contributed by atoms with van der Waals surface area (Å²) in [6.07, 6.45) is 5.06. The summed E-state index contributed by atoms with van der Waals surface area (Å²) in [5, 5.41) is 7.90. The van der Waals surface area contributed by atoms with Crippen LogP contribution in [0.3, 0.4) is 0 Å². The zero-order valence-corrected chi connectivity index (χ0v) is 11.9. The van der Waals surface area contributed by atoms with Crippen LogP contribution < -0.4 is 0 Å². The molecule has 0 radical (unpaired) electrons. The minimum absolute atomic E-state index is 0.136. The minimum Gasteiger partial charge on any atom is -0.381 e. The first kappa shape index (κ1) is 12.8. The number of carbonyl (C=O) groups excluding carboxylic acids is 1. The molecule has 4 rings (SSSR count). The van der Waals surface area contributed by atoms with Crippen molar-refractivity contribution in [2.75, 3.05) is 19.8 Å². The normalized spacial score (nSPS) is 21.8. The highest BCUT2D eigenvalue weighted by atomic mass is 16.5. The largest absolute Gasteiger partial charge is 0.381 e. The third-order valence-corrected chi connectivity index (χ3v) is 4.44. The first-order chi connectivity index (χ1) is 10.3. The Bertz CT molecular complexity index is 656. The fourth-order valence-corrected chi connectivity index (χ4v) is 3.10. The number of benzene rings is 1. The number of hydrogen-bond acceptors (Lipinski definition) is 3. The molecule has 1 aromatic carbocycles. The van der Waals surface area contributed by atoms with Crippen molar-refractivity contribution in [2.45, 2.75) is 25.3 Å². The van der Waals surface area contributed by atoms with Gasteiger partial charge >= 0.3 is 0 Å². The van der Waals surface area contributed by atoms with Gasteiger partial charge in [-0.2, -0.15) is 5.10 Å². The summed E-state index contributed by atoms with van der Waals surface area (Å²) in [6.45, 7) is 2.43. The number of H-pyrrole nitrogens is 1. The molecule has 0 spiro atoms. The van der Waals surface area contributed by atoms with Gasteiger partial charge < -0.3 is 9.64 Å². The van der Waals surface area contributed by atoms with Crippen LogP contribution in [0, 0.1) is 5.92 Å². The van der Waals surface area contributed by atoms with Crippen LogP contribution in [0.25, 0.3) is 10.9 Å². The smallest absolute Gasteiger partial charge is 0.254 e. The molecule has 5 heteroatoms. The number of rotatable bonds is 4. The van der Waals surface area contributed by atoms with Crippen molar-refractivity contribution in [3.63, 3.8) is 0 Å². The summed E-state index contributed by atoms with van der Waals surface area (Å²) >= 11 is 0. The Labute approximate surface area is 123 Å². The van der Waals surface area contributed by atoms with Gasteiger partial charge in [-0.05, 0) is 31.4 Å². The molecule has 1 aromatic heterocycles. The first-order valence-electron chi connectivity index (χ1n) is 7.64. The summed E-state index contributed by atoms with van der Waals surface area (Å²) in [6, 6.07) is 6.18. The molecular weight excluding hydrogens is 266 g/mol. The lowest BCUT2D eigenvalue weighted by atomic mass is 10.1. The van der Waals surface area contributed by atoms with Crippen molar-refractivity contribution >= 4 is 16.8 Å². The van der Waals surface area contributed by atoms with E-state index in [2.05, 4.69) is 15.1 Å². The van der Waals surface area contributed by atoms with E-state index in [9.17, 15) is 4.79 Å². The molecule has 110 valence electrons. The highest BCUT2D eigenvalue weighted by molar-refractivity contribution is 6.06. The molecule has 1 saturated carbocycles. The van der Waals surface area contributed by atoms with Crippen molar-refractivity contribution in [1.82, 2.24) is 15.1 Å². The Kier molecular flexibility index (Phi) is 3.15. The molecule has 1 N–H and O–H groups in total. The van der Waals surface area contributed by atoms with E-state index in [1.54, 1.807) is 6.20 Å². The van der Waals surface area contributed by atoms with Crippen LogP contribution in [0.1, 0.15) is 29.6 Å². The van der Waals surface area contributed by atoms with Crippen LogP contribution in [0.4, 0.5) is 0 Å². The molecule has 1 aliphatic heterocycles. The molecule has 2 aromatic rings. The fourth-order valence-electron chi connectivity index (χ4n) is 3.10. The third kappa shape index (κ3) is 2.42. The number of ether oxygens (including phenoxy) is 1. The van der Waals surface area contributed by atoms with Crippen molar-refractivity contribution in [2.24, 2.45) is 5.92 Å². The second-order valence-corrected chi connectivity index (χ2v) is 6.06. The maximum absolute atomic E-state index is 13.0. The Morgan fingerprint density at radius 2 is 2.29 bits per heavy atom. The van der Waals surface area contributed by atoms with Crippen LogP contribution in [0.5, 0.6) is 0 Å². The number of hydrogen-bond donors (Lipinski definition) is 1. The Balaban J connectivity index is 1.62. The average molecular weight is 285 g/mol. The van der Waals surface area contributed by atoms with Gasteiger partial charge in [-0.25, -0.2) is 0 Å². The standard InChI is InChI=1S/C16H19N3O2/c20-16(13-2-1-3-15-14(13)8-17-18-15)19(12-4-5-12)9-11-6-7-21-10-11/h1-3,8,11-12H,4-7,9-10H2,(H,17,18). The van der Waals surface area contributed by atoms with Crippen LogP contribution in [0.2, 0.25) is 0 Å². The molecule has 2 fully saturated rings. The van der Waals surface area contributed by atoms with Crippen LogP contribution in [-0.4, -0.2) is 46.8 Å². The van der Waals surface area contributed by atoms with Gasteiger partial charge in [0, 0.05) is 30.5 Å². The van der Waals surface area contributed by atoms with Crippen molar-refractivity contribution in [3.8, 4) is 0 Å². The monoisotopic (exact) mass is 285 g/mol. The van der Waals surface area contributed by atoms with E-state index in [1.165, 1.54) is 0 Å². The fraction of sp³-hybridized carbons (Fsp3) is 0.500. The zero-order valence-electron chi connectivity index (χ0n) is 11.9. The van der Waals surface area contributed by atoms with Crippen molar-refractivity contribution in [3.05, 3.63) is 30.0 Å². The number of nitrogens with zero attached hydrogens (tertiary/aromatic N) is 2. The van der Waals surface area contributed by atoms with Gasteiger partial charge in [-0.1, -0.05) is 6.07 Å². The van der Waals surface area contributed by atoms with Gasteiger partial charge in [0.25, 0.3) is 5.91 Å². The van der Waals surface area contributed by atoms with E-state index in [-0.39, 0.29) is 5.91 Å². The van der Waals surface area contributed by atoms with Crippen LogP contribution >= 0.6 is 0 Å². The topological polar surface area (TPSA) is 58.2 Å². The van der Waals surface area contributed by atoms with E-state index >= 15 is 0 Å². The van der Waals surface area contributed by atoms with Gasteiger partial charge in [0.1, 0.15) is 0 Å². The molecule has 1 unspecified atom stereocenters. The number of amides is 1. The summed E-state index contributed by atoms with van der Waals surface area (Å²) < 4.78 is 5.45. The van der Waals surface area contributed by atoms with Crippen molar-refractivity contribution < 1.29 is 9.53 Å². The Morgan fingerprint density at radius 3 is 3.05 bits per heavy atom. The molecule has 1 aliphatic carbocycles. The van der Waals surface area contributed by atoms with Crippen LogP contribution in [0.15, 0.2) is 24.4 Å². The van der Waals surface area contributed by atoms with Gasteiger partial charge in [0.05, 0.1) is 23.9 Å². The second kappa shape index (κ2) is 5.15. The number of aromatic amines is 1. The summed E-state index contributed by atoms with van der Waals surface area (Å²) in [4.78, 5) is 15.0. The lowest BCUT2D eigenvalue weighted by Gasteiger charge is -2.25. The van der Waals surface area contributed by atoms with Gasteiger partial charge in [-0.15, -0.1) is 0 Å². The second-order valence-electron chi connectivity index (χ2n) is 6.06. The number of aromatic nitrogens is 2. The van der Waals surface area contributed by atoms with Crippen LogP contribution in [-0.2, 0) is 4.74 Å². The summed E-state index contributed by atoms with van der Waals surface area (Å²) in [5.41, 5.74) is 1.67. The highest BCUT2D eigenvalue weighted by Gasteiger charge is 2.35. The molecular formula is C16H19N3O2. The average Bonchev–Trinajstić information content (AvgIpc) is 3.02. The number of carbonyl (C=O) groups is 1. The van der Waals surface area contributed by atoms with E-state index in [4.69, 9.17) is 4.74 Å². The van der Waals surface area contributed by atoms with Crippen molar-refractivity contribution in [1.29, 1.82) is 0 Å².